The molecule has 1 heterocycles. The number of halogens is 1. The van der Waals surface area contributed by atoms with Gasteiger partial charge in [0.15, 0.2) is 6.10 Å². The van der Waals surface area contributed by atoms with Crippen molar-refractivity contribution in [2.45, 2.75) is 39.3 Å². The maximum Gasteiger partial charge on any atom is 0.357 e. The van der Waals surface area contributed by atoms with Crippen LogP contribution in [0, 0.1) is 17.2 Å². The average Bonchev–Trinajstić information content (AvgIpc) is 3.12. The summed E-state index contributed by atoms with van der Waals surface area (Å²) >= 11 is 5.86. The Morgan fingerprint density at radius 3 is 2.48 bits per heavy atom. The number of ether oxygens (including phenoxy) is 1. The summed E-state index contributed by atoms with van der Waals surface area (Å²) in [5, 5.41) is 19.2. The number of H-pyrrole nitrogens is 1. The monoisotopic (exact) mass is 388 g/mol. The molecular weight excluding hydrogens is 368 g/mol. The van der Waals surface area contributed by atoms with Crippen LogP contribution in [0.1, 0.15) is 38.2 Å². The van der Waals surface area contributed by atoms with Gasteiger partial charge in [-0.15, -0.1) is 0 Å². The molecule has 0 saturated carbocycles. The molecule has 0 saturated heterocycles. The van der Waals surface area contributed by atoms with Gasteiger partial charge in [-0.25, -0.2) is 4.79 Å². The summed E-state index contributed by atoms with van der Waals surface area (Å²) in [6.07, 6.45) is -1.06. The number of carbonyl (C=O) groups excluding carboxylic acids is 2. The normalized spacial score (nSPS) is 14.1. The van der Waals surface area contributed by atoms with Gasteiger partial charge < -0.3 is 10.1 Å². The van der Waals surface area contributed by atoms with Crippen LogP contribution in [0.15, 0.2) is 30.3 Å². The van der Waals surface area contributed by atoms with Crippen LogP contribution < -0.4 is 5.32 Å². The van der Waals surface area contributed by atoms with Crippen LogP contribution >= 0.6 is 11.6 Å². The average molecular weight is 389 g/mol. The largest absolute Gasteiger partial charge is 0.448 e. The third-order valence-electron chi connectivity index (χ3n) is 4.36. The van der Waals surface area contributed by atoms with Gasteiger partial charge in [0.25, 0.3) is 5.91 Å². The maximum atomic E-state index is 12.3. The van der Waals surface area contributed by atoms with Crippen LogP contribution in [0.2, 0.25) is 5.02 Å². The van der Waals surface area contributed by atoms with E-state index >= 15 is 0 Å². The Labute approximate surface area is 162 Å². The first-order valence-electron chi connectivity index (χ1n) is 8.42. The number of hydrogen-bond acceptors (Lipinski definition) is 5. The lowest BCUT2D eigenvalue weighted by atomic mass is 9.90. The van der Waals surface area contributed by atoms with Gasteiger partial charge in [0.2, 0.25) is 0 Å². The van der Waals surface area contributed by atoms with Gasteiger partial charge in [-0.05, 0) is 38.0 Å². The van der Waals surface area contributed by atoms with Gasteiger partial charge in [0, 0.05) is 10.6 Å². The molecule has 1 aromatic carbocycles. The number of aromatic nitrogens is 2. The molecule has 2 N–H and O–H groups in total. The molecule has 0 aliphatic rings. The minimum Gasteiger partial charge on any atom is -0.448 e. The predicted molar refractivity (Wildman–Crippen MR) is 101 cm³/mol. The predicted octanol–water partition coefficient (Wildman–Crippen LogP) is 3.33. The lowest BCUT2D eigenvalue weighted by molar-refractivity contribution is -0.130. The standard InChI is InChI=1S/C19H21ClN4O3/c1-11(2)19(4,10-21)22-17(25)12(3)27-18(26)16-9-15(23-24-16)13-5-7-14(20)8-6-13/h5-9,11-12H,1-4H3,(H,22,25)(H,23,24). The molecule has 0 radical (unpaired) electrons. The quantitative estimate of drug-likeness (QED) is 0.738. The summed E-state index contributed by atoms with van der Waals surface area (Å²) in [6.45, 7) is 6.71. The molecule has 2 atom stereocenters. The lowest BCUT2D eigenvalue weighted by Crippen LogP contribution is -2.52. The molecule has 27 heavy (non-hydrogen) atoms. The van der Waals surface area contributed by atoms with Gasteiger partial charge in [0.05, 0.1) is 11.8 Å². The smallest absolute Gasteiger partial charge is 0.357 e. The van der Waals surface area contributed by atoms with E-state index in [0.717, 1.165) is 5.56 Å². The molecule has 0 aliphatic heterocycles. The highest BCUT2D eigenvalue weighted by molar-refractivity contribution is 6.30. The van der Waals surface area contributed by atoms with Crippen molar-refractivity contribution >= 4 is 23.5 Å². The van der Waals surface area contributed by atoms with E-state index in [9.17, 15) is 14.9 Å². The van der Waals surface area contributed by atoms with Crippen molar-refractivity contribution in [2.24, 2.45) is 5.92 Å². The number of carbonyl (C=O) groups is 2. The second-order valence-electron chi connectivity index (χ2n) is 6.68. The molecular formula is C19H21ClN4O3. The summed E-state index contributed by atoms with van der Waals surface area (Å²) < 4.78 is 5.18. The Morgan fingerprint density at radius 1 is 1.30 bits per heavy atom. The Bertz CT molecular complexity index is 870. The fraction of sp³-hybridized carbons (Fsp3) is 0.368. The van der Waals surface area contributed by atoms with Crippen LogP contribution in [0.5, 0.6) is 0 Å². The van der Waals surface area contributed by atoms with Crippen LogP contribution in [-0.2, 0) is 9.53 Å². The Morgan fingerprint density at radius 2 is 1.93 bits per heavy atom. The molecule has 7 nitrogen and oxygen atoms in total. The fourth-order valence-electron chi connectivity index (χ4n) is 2.13. The van der Waals surface area contributed by atoms with E-state index in [-0.39, 0.29) is 11.6 Å². The van der Waals surface area contributed by atoms with E-state index in [2.05, 4.69) is 21.6 Å². The van der Waals surface area contributed by atoms with Crippen molar-refractivity contribution in [1.82, 2.24) is 15.5 Å². The SMILES string of the molecule is CC(OC(=O)c1cc(-c2ccc(Cl)cc2)n[nH]1)C(=O)NC(C)(C#N)C(C)C. The summed E-state index contributed by atoms with van der Waals surface area (Å²) in [5.41, 5.74) is 0.398. The molecule has 2 aromatic rings. The Hall–Kier alpha value is -2.85. The molecule has 0 spiro atoms. The van der Waals surface area contributed by atoms with Crippen molar-refractivity contribution < 1.29 is 14.3 Å². The zero-order valence-corrected chi connectivity index (χ0v) is 16.3. The van der Waals surface area contributed by atoms with Crippen molar-refractivity contribution in [1.29, 1.82) is 5.26 Å². The van der Waals surface area contributed by atoms with E-state index in [1.807, 2.05) is 13.8 Å². The topological polar surface area (TPSA) is 108 Å². The molecule has 8 heteroatoms. The number of benzene rings is 1. The third kappa shape index (κ3) is 4.86. The Balaban J connectivity index is 2.03. The van der Waals surface area contributed by atoms with Crippen LogP contribution in [0.4, 0.5) is 0 Å². The van der Waals surface area contributed by atoms with E-state index < -0.39 is 23.5 Å². The zero-order valence-electron chi connectivity index (χ0n) is 15.5. The molecule has 0 fully saturated rings. The van der Waals surface area contributed by atoms with E-state index in [1.54, 1.807) is 31.2 Å². The lowest BCUT2D eigenvalue weighted by Gasteiger charge is -2.28. The molecule has 1 amide bonds. The molecule has 2 rings (SSSR count). The fourth-order valence-corrected chi connectivity index (χ4v) is 2.26. The molecule has 142 valence electrons. The highest BCUT2D eigenvalue weighted by Crippen LogP contribution is 2.21. The molecule has 1 aromatic heterocycles. The first-order chi connectivity index (χ1) is 12.7. The van der Waals surface area contributed by atoms with Gasteiger partial charge >= 0.3 is 5.97 Å². The number of nitrogens with one attached hydrogen (secondary N) is 2. The first kappa shape index (κ1) is 20.5. The van der Waals surface area contributed by atoms with Gasteiger partial charge in [0.1, 0.15) is 11.2 Å². The highest BCUT2D eigenvalue weighted by atomic mass is 35.5. The summed E-state index contributed by atoms with van der Waals surface area (Å²) in [7, 11) is 0. The minimum atomic E-state index is -1.06. The van der Waals surface area contributed by atoms with E-state index in [4.69, 9.17) is 16.3 Å². The summed E-state index contributed by atoms with van der Waals surface area (Å²) in [6, 6.07) is 10.6. The van der Waals surface area contributed by atoms with Crippen LogP contribution in [0.3, 0.4) is 0 Å². The number of nitriles is 1. The number of esters is 1. The van der Waals surface area contributed by atoms with E-state index in [0.29, 0.717) is 10.7 Å². The van der Waals surface area contributed by atoms with E-state index in [1.165, 1.54) is 13.0 Å². The van der Waals surface area contributed by atoms with Gasteiger partial charge in [-0.3, -0.25) is 9.89 Å². The van der Waals surface area contributed by atoms with Gasteiger partial charge in [-0.1, -0.05) is 37.6 Å². The molecule has 0 bridgehead atoms. The summed E-state index contributed by atoms with van der Waals surface area (Å²) in [4.78, 5) is 24.5. The molecule has 0 aliphatic carbocycles. The number of nitrogens with zero attached hydrogens (tertiary/aromatic N) is 2. The third-order valence-corrected chi connectivity index (χ3v) is 4.61. The summed E-state index contributed by atoms with van der Waals surface area (Å²) in [5.74, 6) is -1.36. The van der Waals surface area contributed by atoms with Crippen LogP contribution in [-0.4, -0.2) is 33.7 Å². The maximum absolute atomic E-state index is 12.3. The highest BCUT2D eigenvalue weighted by Gasteiger charge is 2.32. The Kier molecular flexibility index (Phi) is 6.24. The minimum absolute atomic E-state index is 0.108. The second kappa shape index (κ2) is 8.23. The van der Waals surface area contributed by atoms with Crippen molar-refractivity contribution in [3.05, 3.63) is 41.0 Å². The van der Waals surface area contributed by atoms with Crippen molar-refractivity contribution in [3.8, 4) is 17.3 Å². The first-order valence-corrected chi connectivity index (χ1v) is 8.79. The van der Waals surface area contributed by atoms with Crippen molar-refractivity contribution in [2.75, 3.05) is 0 Å². The number of rotatable bonds is 6. The number of hydrogen-bond donors (Lipinski definition) is 2. The number of aromatic amines is 1. The van der Waals surface area contributed by atoms with Gasteiger partial charge in [-0.2, -0.15) is 10.4 Å². The van der Waals surface area contributed by atoms with Crippen LogP contribution in [0.25, 0.3) is 11.3 Å². The zero-order chi connectivity index (χ0) is 20.2. The number of amides is 1. The second-order valence-corrected chi connectivity index (χ2v) is 7.12. The molecule has 2 unspecified atom stereocenters. The van der Waals surface area contributed by atoms with Crippen molar-refractivity contribution in [3.63, 3.8) is 0 Å².